The average molecular weight is 1450 g/mol. The molecule has 25 nitrogen and oxygen atoms in total. The molecule has 10 atom stereocenters. The molecule has 1 aromatic carbocycles. The number of carbonyl (C=O) groups is 12. The normalized spacial score (nSPS) is 28.4. The zero-order chi connectivity index (χ0) is 75.5. The minimum Gasteiger partial charge on any atom is -0.377 e. The van der Waals surface area contributed by atoms with Crippen LogP contribution in [0.25, 0.3) is 0 Å². The summed E-state index contributed by atoms with van der Waals surface area (Å²) in [5.74, 6) is -10.7. The summed E-state index contributed by atoms with van der Waals surface area (Å²) in [6.45, 7) is 6.04. The summed E-state index contributed by atoms with van der Waals surface area (Å²) in [6, 6.07) is -7.35. The number of hydrogen-bond donors (Lipinski definition) is 3. The molecule has 7 fully saturated rings. The third-order valence-electron chi connectivity index (χ3n) is 23.2. The number of carbonyl (C=O) groups excluding carboxylic acids is 12. The van der Waals surface area contributed by atoms with E-state index in [1.807, 2.05) is 20.8 Å². The van der Waals surface area contributed by atoms with Crippen LogP contribution in [0.1, 0.15) is 187 Å². The fraction of sp³-hybridized carbons (Fsp3) is 0.757. The van der Waals surface area contributed by atoms with Crippen molar-refractivity contribution in [3.05, 3.63) is 35.1 Å². The van der Waals surface area contributed by atoms with Gasteiger partial charge in [0.1, 0.15) is 53.6 Å². The molecule has 2 bridgehead atoms. The van der Waals surface area contributed by atoms with Crippen molar-refractivity contribution in [1.29, 1.82) is 0 Å². The van der Waals surface area contributed by atoms with E-state index < -0.39 is 174 Å². The average Bonchev–Trinajstić information content (AvgIpc) is 1.76. The first kappa shape index (κ1) is 81.2. The van der Waals surface area contributed by atoms with Gasteiger partial charge in [-0.05, 0) is 118 Å². The molecular formula is C74H112F4N12O13. The third kappa shape index (κ3) is 19.5. The molecule has 0 aromatic heterocycles. The van der Waals surface area contributed by atoms with Crippen molar-refractivity contribution in [1.82, 2.24) is 60.0 Å². The largest absolute Gasteiger partial charge is 0.419 e. The maximum absolute atomic E-state index is 16.0. The van der Waals surface area contributed by atoms with Gasteiger partial charge < -0.3 is 64.8 Å². The quantitative estimate of drug-likeness (QED) is 0.238. The fourth-order valence-corrected chi connectivity index (χ4v) is 16.7. The van der Waals surface area contributed by atoms with E-state index in [1.54, 1.807) is 11.8 Å². The van der Waals surface area contributed by atoms with Crippen LogP contribution in [0.4, 0.5) is 17.6 Å². The molecule has 3 N–H and O–H groups in total. The second-order valence-corrected chi connectivity index (χ2v) is 31.0. The summed E-state index contributed by atoms with van der Waals surface area (Å²) < 4.78 is 62.2. The molecule has 8 rings (SSSR count). The monoisotopic (exact) mass is 1450 g/mol. The van der Waals surface area contributed by atoms with E-state index in [2.05, 4.69) is 16.0 Å². The van der Waals surface area contributed by atoms with Gasteiger partial charge in [0.2, 0.25) is 70.9 Å². The maximum atomic E-state index is 16.0. The second-order valence-electron chi connectivity index (χ2n) is 31.0. The van der Waals surface area contributed by atoms with Crippen LogP contribution in [-0.2, 0) is 74.9 Å². The van der Waals surface area contributed by atoms with E-state index in [-0.39, 0.29) is 94.2 Å². The number of morpholine rings is 1. The first-order chi connectivity index (χ1) is 48.7. The highest BCUT2D eigenvalue weighted by molar-refractivity contribution is 6.01. The number of likely N-dealkylation sites (N-methyl/N-ethyl adjacent to an activating group) is 7. The van der Waals surface area contributed by atoms with Gasteiger partial charge in [0, 0.05) is 55.9 Å². The first-order valence-corrected chi connectivity index (χ1v) is 37.4. The van der Waals surface area contributed by atoms with Crippen LogP contribution >= 0.6 is 0 Å². The Bertz CT molecular complexity index is 3230. The Morgan fingerprint density at radius 1 is 0.631 bits per heavy atom. The van der Waals surface area contributed by atoms with E-state index >= 15 is 33.2 Å². The van der Waals surface area contributed by atoms with Crippen molar-refractivity contribution in [3.63, 3.8) is 0 Å². The number of benzene rings is 1. The molecule has 12 amide bonds. The Morgan fingerprint density at radius 3 is 1.83 bits per heavy atom. The fourth-order valence-electron chi connectivity index (χ4n) is 16.7. The molecule has 4 aliphatic heterocycles. The van der Waals surface area contributed by atoms with Gasteiger partial charge in [-0.1, -0.05) is 104 Å². The van der Waals surface area contributed by atoms with E-state index in [0.29, 0.717) is 63.5 Å². The number of alkyl halides is 3. The van der Waals surface area contributed by atoms with Crippen molar-refractivity contribution >= 4 is 70.9 Å². The Kier molecular flexibility index (Phi) is 28.0. The van der Waals surface area contributed by atoms with Crippen molar-refractivity contribution in [2.24, 2.45) is 23.7 Å². The summed E-state index contributed by atoms with van der Waals surface area (Å²) >= 11 is 0. The van der Waals surface area contributed by atoms with Crippen LogP contribution < -0.4 is 16.0 Å². The lowest BCUT2D eigenvalue weighted by Gasteiger charge is -2.44. The van der Waals surface area contributed by atoms with Crippen molar-refractivity contribution in [3.8, 4) is 0 Å². The number of nitrogens with one attached hydrogen (secondary N) is 3. The Balaban J connectivity index is 1.18. The number of rotatable bonds is 11. The first-order valence-electron chi connectivity index (χ1n) is 37.4. The van der Waals surface area contributed by atoms with Crippen LogP contribution in [0.2, 0.25) is 0 Å². The van der Waals surface area contributed by atoms with Gasteiger partial charge in [-0.3, -0.25) is 57.5 Å². The Hall–Kier alpha value is -7.46. The number of halogens is 4. The van der Waals surface area contributed by atoms with Crippen LogP contribution in [0.3, 0.4) is 0 Å². The third-order valence-corrected chi connectivity index (χ3v) is 23.2. The molecule has 4 heterocycles. The maximum Gasteiger partial charge on any atom is 0.419 e. The molecule has 29 heteroatoms. The topological polar surface area (TPSA) is 279 Å². The van der Waals surface area contributed by atoms with Gasteiger partial charge in [0.05, 0.1) is 56.9 Å². The summed E-state index contributed by atoms with van der Waals surface area (Å²) in [5, 5.41) is 8.70. The molecule has 0 radical (unpaired) electrons. The number of hydrogen-bond acceptors (Lipinski definition) is 13. The molecular weight excluding hydrogens is 1340 g/mol. The summed E-state index contributed by atoms with van der Waals surface area (Å²) in [7, 11) is 9.92. The van der Waals surface area contributed by atoms with Crippen molar-refractivity contribution < 1.29 is 79.8 Å². The molecule has 1 spiro atoms. The van der Waals surface area contributed by atoms with Crippen molar-refractivity contribution in [2.75, 3.05) is 88.7 Å². The predicted molar refractivity (Wildman–Crippen MR) is 373 cm³/mol. The minimum absolute atomic E-state index is 0.000840. The van der Waals surface area contributed by atoms with Crippen LogP contribution in [-0.4, -0.2) is 264 Å². The number of amides is 12. The molecule has 7 aliphatic rings. The van der Waals surface area contributed by atoms with Crippen LogP contribution in [0, 0.1) is 29.5 Å². The number of fused-ring (bicyclic) bond motifs is 3. The lowest BCUT2D eigenvalue weighted by Crippen LogP contribution is -2.65. The predicted octanol–water partition coefficient (Wildman–Crippen LogP) is 5.29. The highest BCUT2D eigenvalue weighted by Gasteiger charge is 2.53. The standard InChI is InChI=1S/C74H112F4N12O13/c1-12-46(4)63-70(100)84(7)41-61(93)82(5)42-62(94)86(9)57(38-47-22-15-13-16-23-47)68(98)83(6)40-59(91)79-54(32-28-48-27-31-52(53(75)37-48)74(76,77)78)67(97)89-35-21-26-55(89)66(96)81-73(33-19-20-34-73)72(102)88(11)64(49-24-17-14-18-25-49)71(101)87(10)58(69(99)90-50-29-30-51(90)44-103-43-50)39-60(92)85(8)56(36-45(2)3)65(95)80-63/h27,31,37,45-47,49-51,54-58,63-64H,12-26,28-30,32-36,38-44H2,1-11H3,(H,79,91)(H,80,95)(H,81,96)/t46-,50?,51?,54-,55-,56-,57-,58-,63-,64-/m0/s1. The molecule has 4 saturated heterocycles. The highest BCUT2D eigenvalue weighted by atomic mass is 19.4. The van der Waals surface area contributed by atoms with E-state index in [4.69, 9.17) is 4.74 Å². The minimum atomic E-state index is -5.00. The molecule has 3 saturated carbocycles. The Labute approximate surface area is 603 Å². The molecule has 103 heavy (non-hydrogen) atoms. The SMILES string of the molecule is CC[C@H](C)[C@@H]1NC(=O)[C@H](CC(C)C)N(C)C(=O)C[C@@H](C(=O)N2C3CCC2COC3)N(C)C(=O)[C@H](C2CCCCC2)N(C)C(=O)C2(CCCC2)NC(=O)[C@@H]2CCCN2C(=O)[C@H](CCc2ccc(C(F)(F)F)c(F)c2)NC(=O)CN(C)C(=O)[C@H](CC2CCCCC2)N(C)C(=O)CN(C)C(=O)CN(C)C1=O. The lowest BCUT2D eigenvalue weighted by molar-refractivity contribution is -0.159. The molecule has 3 aliphatic carbocycles. The Morgan fingerprint density at radius 2 is 1.23 bits per heavy atom. The molecule has 1 aromatic rings. The summed E-state index contributed by atoms with van der Waals surface area (Å²) in [4.78, 5) is 192. The zero-order valence-corrected chi connectivity index (χ0v) is 62.3. The molecule has 2 unspecified atom stereocenters. The number of nitrogens with zero attached hydrogens (tertiary/aromatic N) is 9. The van der Waals surface area contributed by atoms with Crippen LogP contribution in [0.15, 0.2) is 18.2 Å². The lowest BCUT2D eigenvalue weighted by atomic mass is 9.81. The highest BCUT2D eigenvalue weighted by Crippen LogP contribution is 2.39. The van der Waals surface area contributed by atoms with E-state index in [9.17, 15) is 41.9 Å². The smallest absolute Gasteiger partial charge is 0.377 e. The zero-order valence-electron chi connectivity index (χ0n) is 62.3. The van der Waals surface area contributed by atoms with Gasteiger partial charge in [0.15, 0.2) is 0 Å². The van der Waals surface area contributed by atoms with Gasteiger partial charge in [0.25, 0.3) is 0 Å². The molecule has 574 valence electrons. The summed E-state index contributed by atoms with van der Waals surface area (Å²) in [5.41, 5.74) is -3.05. The number of ether oxygens (including phenoxy) is 1. The van der Waals surface area contributed by atoms with Gasteiger partial charge >= 0.3 is 6.18 Å². The van der Waals surface area contributed by atoms with E-state index in [1.165, 1.54) is 73.8 Å². The second kappa shape index (κ2) is 35.6. The van der Waals surface area contributed by atoms with E-state index in [0.717, 1.165) is 72.1 Å². The number of aryl methyl sites for hydroxylation is 1. The van der Waals surface area contributed by atoms with Gasteiger partial charge in [-0.15, -0.1) is 0 Å². The van der Waals surface area contributed by atoms with Gasteiger partial charge in [-0.2, -0.15) is 13.2 Å². The van der Waals surface area contributed by atoms with Crippen LogP contribution in [0.5, 0.6) is 0 Å². The van der Waals surface area contributed by atoms with Gasteiger partial charge in [-0.25, -0.2) is 4.39 Å². The summed E-state index contributed by atoms with van der Waals surface area (Å²) in [6.07, 6.45) is 5.13. The van der Waals surface area contributed by atoms with Crippen molar-refractivity contribution in [2.45, 2.75) is 248 Å².